The van der Waals surface area contributed by atoms with E-state index in [4.69, 9.17) is 0 Å². The number of hydrogen-bond acceptors (Lipinski definition) is 3. The number of nitrogens with one attached hydrogen (secondary N) is 2. The molecule has 0 aliphatic heterocycles. The van der Waals surface area contributed by atoms with Crippen LogP contribution in [-0.4, -0.2) is 34.9 Å². The minimum absolute atomic E-state index is 0.00819. The minimum Gasteiger partial charge on any atom is -0.339 e. The Labute approximate surface area is 141 Å². The fourth-order valence-corrected chi connectivity index (χ4v) is 2.24. The topological polar surface area (TPSA) is 74.3 Å². The van der Waals surface area contributed by atoms with E-state index < -0.39 is 0 Å². The van der Waals surface area contributed by atoms with Gasteiger partial charge in [-0.3, -0.25) is 9.78 Å². The lowest BCUT2D eigenvalue weighted by Crippen LogP contribution is -2.30. The van der Waals surface area contributed by atoms with Gasteiger partial charge in [0.05, 0.1) is 12.2 Å². The van der Waals surface area contributed by atoms with E-state index in [-0.39, 0.29) is 11.9 Å². The molecule has 0 saturated heterocycles. The van der Waals surface area contributed by atoms with Crippen molar-refractivity contribution in [2.75, 3.05) is 18.4 Å². The van der Waals surface area contributed by atoms with Gasteiger partial charge in [-0.05, 0) is 50.2 Å². The molecule has 6 heteroatoms. The summed E-state index contributed by atoms with van der Waals surface area (Å²) in [6.45, 7) is 5.59. The summed E-state index contributed by atoms with van der Waals surface area (Å²) in [5.74, 6) is -0.00819. The largest absolute Gasteiger partial charge is 0.339 e. The van der Waals surface area contributed by atoms with Crippen molar-refractivity contribution < 1.29 is 9.59 Å². The number of nitrogens with zero attached hydrogens (tertiary/aromatic N) is 2. The van der Waals surface area contributed by atoms with Crippen LogP contribution < -0.4 is 10.6 Å². The molecular weight excluding hydrogens is 304 g/mol. The number of anilines is 1. The molecule has 3 amide bonds. The number of amides is 3. The second kappa shape index (κ2) is 8.67. The van der Waals surface area contributed by atoms with E-state index in [1.165, 1.54) is 0 Å². The molecule has 1 aromatic carbocycles. The number of pyridine rings is 1. The van der Waals surface area contributed by atoms with Crippen LogP contribution in [0.1, 0.15) is 29.9 Å². The van der Waals surface area contributed by atoms with Gasteiger partial charge in [0.25, 0.3) is 5.91 Å². The van der Waals surface area contributed by atoms with Crippen LogP contribution in [0.3, 0.4) is 0 Å². The van der Waals surface area contributed by atoms with E-state index in [9.17, 15) is 9.59 Å². The SMILES string of the molecule is CCN(CC)C(=O)c1ccc(NC(=O)NCc2ccccn2)cc1. The van der Waals surface area contributed by atoms with Crippen molar-refractivity contribution in [1.29, 1.82) is 0 Å². The van der Waals surface area contributed by atoms with Gasteiger partial charge in [0, 0.05) is 30.5 Å². The highest BCUT2D eigenvalue weighted by atomic mass is 16.2. The van der Waals surface area contributed by atoms with Gasteiger partial charge in [0.2, 0.25) is 0 Å². The number of urea groups is 1. The maximum atomic E-state index is 12.2. The lowest BCUT2D eigenvalue weighted by atomic mass is 10.2. The summed E-state index contributed by atoms with van der Waals surface area (Å²) >= 11 is 0. The number of hydrogen-bond donors (Lipinski definition) is 2. The van der Waals surface area contributed by atoms with Crippen LogP contribution in [0.4, 0.5) is 10.5 Å². The van der Waals surface area contributed by atoms with E-state index in [0.29, 0.717) is 30.9 Å². The number of benzene rings is 1. The fraction of sp³-hybridized carbons (Fsp3) is 0.278. The second-order valence-corrected chi connectivity index (χ2v) is 5.18. The number of aromatic nitrogens is 1. The van der Waals surface area contributed by atoms with Gasteiger partial charge in [-0.1, -0.05) is 6.07 Å². The molecule has 0 saturated carbocycles. The molecule has 1 aromatic heterocycles. The molecule has 2 N–H and O–H groups in total. The Bertz CT molecular complexity index is 667. The summed E-state index contributed by atoms with van der Waals surface area (Å²) in [6, 6.07) is 12.1. The van der Waals surface area contributed by atoms with Gasteiger partial charge in [-0.15, -0.1) is 0 Å². The first-order valence-corrected chi connectivity index (χ1v) is 7.98. The van der Waals surface area contributed by atoms with Gasteiger partial charge in [0.15, 0.2) is 0 Å². The molecule has 0 atom stereocenters. The average molecular weight is 326 g/mol. The van der Waals surface area contributed by atoms with Gasteiger partial charge in [-0.25, -0.2) is 4.79 Å². The van der Waals surface area contributed by atoms with E-state index in [1.807, 2.05) is 32.0 Å². The lowest BCUT2D eigenvalue weighted by molar-refractivity contribution is 0.0773. The van der Waals surface area contributed by atoms with Gasteiger partial charge in [-0.2, -0.15) is 0 Å². The van der Waals surface area contributed by atoms with Crippen LogP contribution in [0.5, 0.6) is 0 Å². The Morgan fingerprint density at radius 3 is 2.33 bits per heavy atom. The molecule has 0 aliphatic rings. The molecule has 2 rings (SSSR count). The van der Waals surface area contributed by atoms with Crippen LogP contribution >= 0.6 is 0 Å². The Hall–Kier alpha value is -2.89. The van der Waals surface area contributed by atoms with Crippen molar-refractivity contribution in [3.8, 4) is 0 Å². The third kappa shape index (κ3) is 4.81. The standard InChI is InChI=1S/C18H22N4O2/c1-3-22(4-2)17(23)14-8-10-15(11-9-14)21-18(24)20-13-16-7-5-6-12-19-16/h5-12H,3-4,13H2,1-2H3,(H2,20,21,24). The number of carbonyl (C=O) groups is 2. The molecule has 0 fully saturated rings. The maximum Gasteiger partial charge on any atom is 0.319 e. The highest BCUT2D eigenvalue weighted by Crippen LogP contribution is 2.11. The Morgan fingerprint density at radius 1 is 1.04 bits per heavy atom. The molecule has 1 heterocycles. The summed E-state index contributed by atoms with van der Waals surface area (Å²) in [7, 11) is 0. The summed E-state index contributed by atoms with van der Waals surface area (Å²) < 4.78 is 0. The first-order valence-electron chi connectivity index (χ1n) is 7.98. The quantitative estimate of drug-likeness (QED) is 0.857. The lowest BCUT2D eigenvalue weighted by Gasteiger charge is -2.18. The Morgan fingerprint density at radius 2 is 1.75 bits per heavy atom. The zero-order chi connectivity index (χ0) is 17.4. The van der Waals surface area contributed by atoms with Crippen LogP contribution in [0.2, 0.25) is 0 Å². The molecule has 0 unspecified atom stereocenters. The first-order chi connectivity index (χ1) is 11.6. The highest BCUT2D eigenvalue weighted by Gasteiger charge is 2.12. The number of rotatable bonds is 6. The van der Waals surface area contributed by atoms with Crippen molar-refractivity contribution in [1.82, 2.24) is 15.2 Å². The zero-order valence-corrected chi connectivity index (χ0v) is 14.0. The van der Waals surface area contributed by atoms with Gasteiger partial charge in [0.1, 0.15) is 0 Å². The van der Waals surface area contributed by atoms with Gasteiger partial charge >= 0.3 is 6.03 Å². The van der Waals surface area contributed by atoms with Crippen molar-refractivity contribution in [3.05, 3.63) is 59.9 Å². The molecule has 2 aromatic rings. The van der Waals surface area contributed by atoms with Crippen LogP contribution in [-0.2, 0) is 6.54 Å². The van der Waals surface area contributed by atoms with Crippen molar-refractivity contribution in [3.63, 3.8) is 0 Å². The molecule has 0 spiro atoms. The normalized spacial score (nSPS) is 10.1. The smallest absolute Gasteiger partial charge is 0.319 e. The highest BCUT2D eigenvalue weighted by molar-refractivity contribution is 5.95. The molecule has 126 valence electrons. The van der Waals surface area contributed by atoms with Crippen molar-refractivity contribution in [2.45, 2.75) is 20.4 Å². The Kier molecular flexibility index (Phi) is 6.31. The maximum absolute atomic E-state index is 12.2. The van der Waals surface area contributed by atoms with Crippen molar-refractivity contribution in [2.24, 2.45) is 0 Å². The summed E-state index contributed by atoms with van der Waals surface area (Å²) in [6.07, 6.45) is 1.68. The third-order valence-corrected chi connectivity index (χ3v) is 3.60. The van der Waals surface area contributed by atoms with Crippen LogP contribution in [0.15, 0.2) is 48.7 Å². The van der Waals surface area contributed by atoms with E-state index in [0.717, 1.165) is 5.69 Å². The molecular formula is C18H22N4O2. The van der Waals surface area contributed by atoms with E-state index in [1.54, 1.807) is 35.4 Å². The number of carbonyl (C=O) groups excluding carboxylic acids is 2. The summed E-state index contributed by atoms with van der Waals surface area (Å²) in [4.78, 5) is 30.0. The van der Waals surface area contributed by atoms with E-state index >= 15 is 0 Å². The predicted molar refractivity (Wildman–Crippen MR) is 93.8 cm³/mol. The summed E-state index contributed by atoms with van der Waals surface area (Å²) in [5, 5.41) is 5.47. The summed E-state index contributed by atoms with van der Waals surface area (Å²) in [5.41, 5.74) is 2.02. The molecule has 0 radical (unpaired) electrons. The zero-order valence-electron chi connectivity index (χ0n) is 14.0. The van der Waals surface area contributed by atoms with Crippen LogP contribution in [0, 0.1) is 0 Å². The average Bonchev–Trinajstić information content (AvgIpc) is 2.62. The molecule has 6 nitrogen and oxygen atoms in total. The van der Waals surface area contributed by atoms with Crippen molar-refractivity contribution >= 4 is 17.6 Å². The minimum atomic E-state index is -0.316. The first kappa shape index (κ1) is 17.5. The fourth-order valence-electron chi connectivity index (χ4n) is 2.24. The monoisotopic (exact) mass is 326 g/mol. The van der Waals surface area contributed by atoms with Crippen LogP contribution in [0.25, 0.3) is 0 Å². The van der Waals surface area contributed by atoms with E-state index in [2.05, 4.69) is 15.6 Å². The van der Waals surface area contributed by atoms with Gasteiger partial charge < -0.3 is 15.5 Å². The predicted octanol–water partition coefficient (Wildman–Crippen LogP) is 2.89. The molecule has 0 aliphatic carbocycles. The molecule has 24 heavy (non-hydrogen) atoms. The third-order valence-electron chi connectivity index (χ3n) is 3.60. The Balaban J connectivity index is 1.89. The molecule has 0 bridgehead atoms. The second-order valence-electron chi connectivity index (χ2n) is 5.18.